The number of ether oxygens (including phenoxy) is 2. The maximum absolute atomic E-state index is 12.3. The van der Waals surface area contributed by atoms with Gasteiger partial charge < -0.3 is 19.7 Å². The quantitative estimate of drug-likeness (QED) is 0.620. The molecule has 0 spiro atoms. The van der Waals surface area contributed by atoms with Gasteiger partial charge >= 0.3 is 0 Å². The number of likely N-dealkylation sites (N-methyl/N-ethyl adjacent to an activating group) is 1. The number of hydrogen-bond acceptors (Lipinski definition) is 4. The van der Waals surface area contributed by atoms with E-state index in [0.29, 0.717) is 35.4 Å². The van der Waals surface area contributed by atoms with Crippen LogP contribution in [0.1, 0.15) is 19.4 Å². The average Bonchev–Trinajstić information content (AvgIpc) is 2.69. The Morgan fingerprint density at radius 2 is 1.76 bits per heavy atom. The molecule has 0 unspecified atom stereocenters. The monoisotopic (exact) mass is 416 g/mol. The number of nitrogens with zero attached hydrogens (tertiary/aromatic N) is 1. The van der Waals surface area contributed by atoms with E-state index in [1.165, 1.54) is 11.0 Å². The molecule has 29 heavy (non-hydrogen) atoms. The van der Waals surface area contributed by atoms with Crippen molar-refractivity contribution in [2.45, 2.75) is 13.8 Å². The molecule has 2 aromatic carbocycles. The second-order valence-corrected chi connectivity index (χ2v) is 6.53. The second kappa shape index (κ2) is 11.1. The number of rotatable bonds is 9. The van der Waals surface area contributed by atoms with E-state index in [0.717, 1.165) is 5.56 Å². The van der Waals surface area contributed by atoms with Gasteiger partial charge in [-0.15, -0.1) is 0 Å². The molecule has 1 N–H and O–H groups in total. The minimum Gasteiger partial charge on any atom is -0.490 e. The summed E-state index contributed by atoms with van der Waals surface area (Å²) < 4.78 is 11.1. The third kappa shape index (κ3) is 6.84. The van der Waals surface area contributed by atoms with Crippen LogP contribution in [0.2, 0.25) is 5.02 Å². The molecule has 0 atom stereocenters. The van der Waals surface area contributed by atoms with Crippen molar-refractivity contribution in [2.24, 2.45) is 0 Å². The molecule has 0 saturated carbocycles. The molecule has 0 aliphatic heterocycles. The van der Waals surface area contributed by atoms with Gasteiger partial charge in [-0.2, -0.15) is 0 Å². The lowest BCUT2D eigenvalue weighted by Crippen LogP contribution is -2.33. The second-order valence-electron chi connectivity index (χ2n) is 6.12. The van der Waals surface area contributed by atoms with Crippen LogP contribution in [-0.2, 0) is 9.59 Å². The first-order valence-corrected chi connectivity index (χ1v) is 9.69. The van der Waals surface area contributed by atoms with Crippen LogP contribution >= 0.6 is 11.6 Å². The largest absolute Gasteiger partial charge is 0.490 e. The van der Waals surface area contributed by atoms with Crippen LogP contribution in [0.4, 0.5) is 5.69 Å². The van der Waals surface area contributed by atoms with Gasteiger partial charge in [0.15, 0.2) is 11.5 Å². The fourth-order valence-electron chi connectivity index (χ4n) is 2.52. The summed E-state index contributed by atoms with van der Waals surface area (Å²) in [6.07, 6.45) is 3.01. The molecule has 0 saturated heterocycles. The summed E-state index contributed by atoms with van der Waals surface area (Å²) in [5.74, 6) is 0.545. The van der Waals surface area contributed by atoms with Gasteiger partial charge in [-0.1, -0.05) is 29.8 Å². The highest BCUT2D eigenvalue weighted by Crippen LogP contribution is 2.30. The predicted octanol–water partition coefficient (Wildman–Crippen LogP) is 4.25. The van der Waals surface area contributed by atoms with Crippen molar-refractivity contribution in [3.05, 3.63) is 59.1 Å². The highest BCUT2D eigenvalue weighted by molar-refractivity contribution is 6.32. The summed E-state index contributed by atoms with van der Waals surface area (Å²) >= 11 is 6.07. The summed E-state index contributed by atoms with van der Waals surface area (Å²) in [5, 5.41) is 3.32. The summed E-state index contributed by atoms with van der Waals surface area (Å²) in [6.45, 7) is 4.66. The van der Waals surface area contributed by atoms with Gasteiger partial charge in [0.1, 0.15) is 0 Å². The smallest absolute Gasteiger partial charge is 0.246 e. The number of nitrogens with one attached hydrogen (secondary N) is 1. The number of halogens is 1. The average molecular weight is 417 g/mol. The van der Waals surface area contributed by atoms with E-state index in [9.17, 15) is 9.59 Å². The minimum absolute atomic E-state index is 0.0944. The zero-order chi connectivity index (χ0) is 21.2. The van der Waals surface area contributed by atoms with E-state index < -0.39 is 0 Å². The Balaban J connectivity index is 1.96. The summed E-state index contributed by atoms with van der Waals surface area (Å²) in [7, 11) is 1.56. The molecule has 2 amide bonds. The fourth-order valence-corrected chi connectivity index (χ4v) is 2.72. The van der Waals surface area contributed by atoms with E-state index in [4.69, 9.17) is 21.1 Å². The Morgan fingerprint density at radius 1 is 1.07 bits per heavy atom. The zero-order valence-electron chi connectivity index (χ0n) is 16.8. The van der Waals surface area contributed by atoms with Gasteiger partial charge in [0.05, 0.1) is 19.8 Å². The fraction of sp³-hybridized carbons (Fsp3) is 0.273. The van der Waals surface area contributed by atoms with Crippen molar-refractivity contribution in [3.63, 3.8) is 0 Å². The molecule has 0 aromatic heterocycles. The van der Waals surface area contributed by atoms with Crippen molar-refractivity contribution >= 4 is 35.2 Å². The van der Waals surface area contributed by atoms with E-state index >= 15 is 0 Å². The lowest BCUT2D eigenvalue weighted by Gasteiger charge is -2.16. The van der Waals surface area contributed by atoms with Gasteiger partial charge in [-0.05, 0) is 43.7 Å². The van der Waals surface area contributed by atoms with Gasteiger partial charge in [0, 0.05) is 29.9 Å². The molecular weight excluding hydrogens is 392 g/mol. The van der Waals surface area contributed by atoms with Crippen molar-refractivity contribution in [2.75, 3.05) is 32.1 Å². The first-order chi connectivity index (χ1) is 13.9. The van der Waals surface area contributed by atoms with Crippen LogP contribution in [0.15, 0.2) is 48.5 Å². The molecule has 154 valence electrons. The Labute approximate surface area is 176 Å². The summed E-state index contributed by atoms with van der Waals surface area (Å²) in [5.41, 5.74) is 1.30. The van der Waals surface area contributed by atoms with Crippen LogP contribution in [0.25, 0.3) is 6.08 Å². The first kappa shape index (κ1) is 22.3. The molecule has 0 aliphatic carbocycles. The molecule has 0 fully saturated rings. The van der Waals surface area contributed by atoms with Gasteiger partial charge in [0.25, 0.3) is 0 Å². The molecule has 0 bridgehead atoms. The van der Waals surface area contributed by atoms with Crippen LogP contribution < -0.4 is 14.8 Å². The van der Waals surface area contributed by atoms with Crippen LogP contribution in [0.5, 0.6) is 11.5 Å². The Morgan fingerprint density at radius 3 is 2.45 bits per heavy atom. The van der Waals surface area contributed by atoms with Crippen LogP contribution in [0, 0.1) is 0 Å². The molecule has 6 nitrogen and oxygen atoms in total. The van der Waals surface area contributed by atoms with E-state index in [1.807, 2.05) is 26.0 Å². The summed E-state index contributed by atoms with van der Waals surface area (Å²) in [6, 6.07) is 12.4. The molecule has 0 radical (unpaired) electrons. The van der Waals surface area contributed by atoms with E-state index in [-0.39, 0.29) is 18.4 Å². The molecule has 0 aliphatic rings. The number of carbonyl (C=O) groups is 2. The molecule has 0 heterocycles. The Hall–Kier alpha value is -2.99. The molecule has 2 rings (SSSR count). The van der Waals surface area contributed by atoms with Crippen LogP contribution in [-0.4, -0.2) is 43.5 Å². The standard InChI is InChI=1S/C22H25ClN2O4/c1-4-28-19-12-11-17(14-20(19)29-5-2)24-21(26)15-25(3)22(27)13-10-16-8-6-7-9-18(16)23/h6-14H,4-5,15H2,1-3H3,(H,24,26)/b13-10+. The van der Waals surface area contributed by atoms with Gasteiger partial charge in [-0.25, -0.2) is 0 Å². The highest BCUT2D eigenvalue weighted by Gasteiger charge is 2.13. The third-order valence-corrected chi connectivity index (χ3v) is 4.24. The SMILES string of the molecule is CCOc1ccc(NC(=O)CN(C)C(=O)/C=C/c2ccccc2Cl)cc1OCC. The van der Waals surface area contributed by atoms with Crippen molar-refractivity contribution in [1.82, 2.24) is 4.90 Å². The van der Waals surface area contributed by atoms with Crippen LogP contribution in [0.3, 0.4) is 0 Å². The van der Waals surface area contributed by atoms with Crippen molar-refractivity contribution in [1.29, 1.82) is 0 Å². The predicted molar refractivity (Wildman–Crippen MR) is 116 cm³/mol. The molecule has 7 heteroatoms. The van der Waals surface area contributed by atoms with E-state index in [2.05, 4.69) is 5.32 Å². The third-order valence-electron chi connectivity index (χ3n) is 3.89. The molecular formula is C22H25ClN2O4. The van der Waals surface area contributed by atoms with Gasteiger partial charge in [0.2, 0.25) is 11.8 Å². The minimum atomic E-state index is -0.321. The number of carbonyl (C=O) groups excluding carboxylic acids is 2. The Kier molecular flexibility index (Phi) is 8.55. The molecule has 2 aromatic rings. The van der Waals surface area contributed by atoms with Crippen molar-refractivity contribution in [3.8, 4) is 11.5 Å². The summed E-state index contributed by atoms with van der Waals surface area (Å²) in [4.78, 5) is 25.9. The topological polar surface area (TPSA) is 67.9 Å². The number of hydrogen-bond donors (Lipinski definition) is 1. The number of benzene rings is 2. The highest BCUT2D eigenvalue weighted by atomic mass is 35.5. The van der Waals surface area contributed by atoms with Crippen molar-refractivity contribution < 1.29 is 19.1 Å². The zero-order valence-corrected chi connectivity index (χ0v) is 17.5. The van der Waals surface area contributed by atoms with Gasteiger partial charge in [-0.3, -0.25) is 9.59 Å². The first-order valence-electron chi connectivity index (χ1n) is 9.31. The Bertz CT molecular complexity index is 883. The normalized spacial score (nSPS) is 10.6. The number of anilines is 1. The lowest BCUT2D eigenvalue weighted by molar-refractivity contribution is -0.129. The van der Waals surface area contributed by atoms with E-state index in [1.54, 1.807) is 43.5 Å². The maximum Gasteiger partial charge on any atom is 0.246 e. The maximum atomic E-state index is 12.3. The number of amides is 2. The lowest BCUT2D eigenvalue weighted by atomic mass is 10.2.